The molecule has 1 aromatic rings. The van der Waals surface area contributed by atoms with E-state index in [1.165, 1.54) is 5.56 Å². The predicted molar refractivity (Wildman–Crippen MR) is 54.9 cm³/mol. The molecule has 2 rings (SSSR count). The van der Waals surface area contributed by atoms with E-state index in [0.717, 1.165) is 24.7 Å². The van der Waals surface area contributed by atoms with Crippen LogP contribution in [0.3, 0.4) is 0 Å². The van der Waals surface area contributed by atoms with Crippen LogP contribution >= 0.6 is 11.6 Å². The highest BCUT2D eigenvalue weighted by Gasteiger charge is 2.14. The number of halogens is 1. The standard InChI is InChI=1S/C10H13ClN2/c11-9-3-1-2-8(4-9)5-13-10-6-12-7-10/h1-4,10,12-13H,5-7H2. The summed E-state index contributed by atoms with van der Waals surface area (Å²) in [5, 5.41) is 7.47. The Morgan fingerprint density at radius 1 is 1.46 bits per heavy atom. The molecule has 0 aliphatic carbocycles. The highest BCUT2D eigenvalue weighted by atomic mass is 35.5. The van der Waals surface area contributed by atoms with Crippen molar-refractivity contribution in [1.82, 2.24) is 10.6 Å². The quantitative estimate of drug-likeness (QED) is 0.764. The van der Waals surface area contributed by atoms with E-state index in [1.807, 2.05) is 18.2 Å². The third kappa shape index (κ3) is 2.44. The van der Waals surface area contributed by atoms with Crippen LogP contribution in [-0.2, 0) is 6.54 Å². The number of hydrogen-bond donors (Lipinski definition) is 2. The second-order valence-electron chi connectivity index (χ2n) is 3.37. The van der Waals surface area contributed by atoms with Gasteiger partial charge in [-0.2, -0.15) is 0 Å². The monoisotopic (exact) mass is 196 g/mol. The molecule has 0 unspecified atom stereocenters. The number of hydrogen-bond acceptors (Lipinski definition) is 2. The average Bonchev–Trinajstić information content (AvgIpc) is 2.01. The van der Waals surface area contributed by atoms with Crippen LogP contribution in [0, 0.1) is 0 Å². The van der Waals surface area contributed by atoms with E-state index in [-0.39, 0.29) is 0 Å². The summed E-state index contributed by atoms with van der Waals surface area (Å²) in [5.74, 6) is 0. The summed E-state index contributed by atoms with van der Waals surface area (Å²) in [7, 11) is 0. The third-order valence-corrected chi connectivity index (χ3v) is 2.50. The highest BCUT2D eigenvalue weighted by molar-refractivity contribution is 6.30. The zero-order valence-electron chi connectivity index (χ0n) is 7.39. The second kappa shape index (κ2) is 4.09. The first-order valence-corrected chi connectivity index (χ1v) is 4.91. The first-order valence-electron chi connectivity index (χ1n) is 4.53. The molecule has 2 N–H and O–H groups in total. The van der Waals surface area contributed by atoms with Gasteiger partial charge in [-0.05, 0) is 17.7 Å². The smallest absolute Gasteiger partial charge is 0.0409 e. The van der Waals surface area contributed by atoms with Crippen LogP contribution in [0.5, 0.6) is 0 Å². The van der Waals surface area contributed by atoms with Crippen molar-refractivity contribution in [2.45, 2.75) is 12.6 Å². The lowest BCUT2D eigenvalue weighted by atomic mass is 10.1. The third-order valence-electron chi connectivity index (χ3n) is 2.27. The van der Waals surface area contributed by atoms with Crippen LogP contribution in [0.25, 0.3) is 0 Å². The first-order chi connectivity index (χ1) is 6.34. The van der Waals surface area contributed by atoms with Crippen LogP contribution < -0.4 is 10.6 Å². The SMILES string of the molecule is Clc1cccc(CNC2CNC2)c1. The summed E-state index contributed by atoms with van der Waals surface area (Å²) >= 11 is 5.87. The Bertz CT molecular complexity index is 284. The van der Waals surface area contributed by atoms with Gasteiger partial charge in [-0.25, -0.2) is 0 Å². The van der Waals surface area contributed by atoms with Gasteiger partial charge in [0.05, 0.1) is 0 Å². The summed E-state index contributed by atoms with van der Waals surface area (Å²) in [4.78, 5) is 0. The van der Waals surface area contributed by atoms with E-state index in [0.29, 0.717) is 6.04 Å². The van der Waals surface area contributed by atoms with Gasteiger partial charge in [0.1, 0.15) is 0 Å². The van der Waals surface area contributed by atoms with Gasteiger partial charge >= 0.3 is 0 Å². The van der Waals surface area contributed by atoms with Crippen LogP contribution in [0.4, 0.5) is 0 Å². The van der Waals surface area contributed by atoms with Crippen molar-refractivity contribution >= 4 is 11.6 Å². The Kier molecular flexibility index (Phi) is 2.83. The Labute approximate surface area is 83.3 Å². The lowest BCUT2D eigenvalue weighted by Gasteiger charge is -2.28. The Morgan fingerprint density at radius 2 is 2.31 bits per heavy atom. The Hall–Kier alpha value is -0.570. The fourth-order valence-electron chi connectivity index (χ4n) is 1.34. The van der Waals surface area contributed by atoms with Crippen molar-refractivity contribution in [2.24, 2.45) is 0 Å². The molecule has 1 aliphatic heterocycles. The second-order valence-corrected chi connectivity index (χ2v) is 3.80. The maximum Gasteiger partial charge on any atom is 0.0409 e. The van der Waals surface area contributed by atoms with Crippen molar-refractivity contribution in [2.75, 3.05) is 13.1 Å². The van der Waals surface area contributed by atoms with Crippen LogP contribution in [0.1, 0.15) is 5.56 Å². The molecule has 0 aromatic heterocycles. The van der Waals surface area contributed by atoms with Crippen molar-refractivity contribution in [1.29, 1.82) is 0 Å². The number of rotatable bonds is 3. The molecule has 1 saturated heterocycles. The van der Waals surface area contributed by atoms with E-state index >= 15 is 0 Å². The lowest BCUT2D eigenvalue weighted by Crippen LogP contribution is -2.54. The Morgan fingerprint density at radius 3 is 2.92 bits per heavy atom. The molecule has 0 saturated carbocycles. The average molecular weight is 197 g/mol. The highest BCUT2D eigenvalue weighted by Crippen LogP contribution is 2.10. The summed E-state index contributed by atoms with van der Waals surface area (Å²) in [6.45, 7) is 3.08. The van der Waals surface area contributed by atoms with Gasteiger partial charge in [0.25, 0.3) is 0 Å². The van der Waals surface area contributed by atoms with Gasteiger partial charge in [-0.15, -0.1) is 0 Å². The van der Waals surface area contributed by atoms with Gasteiger partial charge in [0, 0.05) is 30.7 Å². The van der Waals surface area contributed by atoms with Crippen LogP contribution in [0.2, 0.25) is 5.02 Å². The number of benzene rings is 1. The van der Waals surface area contributed by atoms with E-state index in [1.54, 1.807) is 0 Å². The van der Waals surface area contributed by atoms with E-state index in [2.05, 4.69) is 16.7 Å². The van der Waals surface area contributed by atoms with Crippen molar-refractivity contribution in [3.63, 3.8) is 0 Å². The van der Waals surface area contributed by atoms with E-state index in [9.17, 15) is 0 Å². The molecule has 0 amide bonds. The molecule has 13 heavy (non-hydrogen) atoms. The molecule has 0 radical (unpaired) electrons. The van der Waals surface area contributed by atoms with Crippen LogP contribution in [0.15, 0.2) is 24.3 Å². The topological polar surface area (TPSA) is 24.1 Å². The van der Waals surface area contributed by atoms with Crippen molar-refractivity contribution in [3.8, 4) is 0 Å². The minimum absolute atomic E-state index is 0.638. The fourth-order valence-corrected chi connectivity index (χ4v) is 1.56. The zero-order valence-corrected chi connectivity index (χ0v) is 8.14. The molecule has 3 heteroatoms. The van der Waals surface area contributed by atoms with Crippen molar-refractivity contribution < 1.29 is 0 Å². The molecular formula is C10H13ClN2. The molecule has 0 atom stereocenters. The maximum atomic E-state index is 5.87. The lowest BCUT2D eigenvalue weighted by molar-refractivity contribution is 0.365. The summed E-state index contributed by atoms with van der Waals surface area (Å²) < 4.78 is 0. The molecule has 70 valence electrons. The van der Waals surface area contributed by atoms with Gasteiger partial charge in [0.2, 0.25) is 0 Å². The largest absolute Gasteiger partial charge is 0.314 e. The maximum absolute atomic E-state index is 5.87. The molecule has 1 aromatic carbocycles. The van der Waals surface area contributed by atoms with Gasteiger partial charge < -0.3 is 10.6 Å². The Balaban J connectivity index is 1.86. The van der Waals surface area contributed by atoms with Gasteiger partial charge in [0.15, 0.2) is 0 Å². The van der Waals surface area contributed by atoms with E-state index in [4.69, 9.17) is 11.6 Å². The number of nitrogens with one attached hydrogen (secondary N) is 2. The molecule has 1 aliphatic rings. The summed E-state index contributed by atoms with van der Waals surface area (Å²) in [6, 6.07) is 8.61. The molecule has 0 spiro atoms. The molecule has 0 bridgehead atoms. The van der Waals surface area contributed by atoms with E-state index < -0.39 is 0 Å². The predicted octanol–water partition coefficient (Wildman–Crippen LogP) is 1.40. The fraction of sp³-hybridized carbons (Fsp3) is 0.400. The summed E-state index contributed by atoms with van der Waals surface area (Å²) in [5.41, 5.74) is 1.25. The van der Waals surface area contributed by atoms with Gasteiger partial charge in [-0.1, -0.05) is 23.7 Å². The molecule has 1 heterocycles. The summed E-state index contributed by atoms with van der Waals surface area (Å²) in [6.07, 6.45) is 0. The molecule has 1 fully saturated rings. The van der Waals surface area contributed by atoms with Crippen molar-refractivity contribution in [3.05, 3.63) is 34.9 Å². The molecular weight excluding hydrogens is 184 g/mol. The minimum Gasteiger partial charge on any atom is -0.314 e. The minimum atomic E-state index is 0.638. The van der Waals surface area contributed by atoms with Gasteiger partial charge in [-0.3, -0.25) is 0 Å². The van der Waals surface area contributed by atoms with Crippen LogP contribution in [-0.4, -0.2) is 19.1 Å². The molecule has 2 nitrogen and oxygen atoms in total. The zero-order chi connectivity index (χ0) is 9.10. The first kappa shape index (κ1) is 9.00. The normalized spacial score (nSPS) is 17.0.